The maximum absolute atomic E-state index is 12.5. The highest BCUT2D eigenvalue weighted by atomic mass is 32.2. The van der Waals surface area contributed by atoms with Gasteiger partial charge in [-0.05, 0) is 25.3 Å². The van der Waals surface area contributed by atoms with Gasteiger partial charge >= 0.3 is 0 Å². The van der Waals surface area contributed by atoms with Crippen molar-refractivity contribution in [1.29, 1.82) is 0 Å². The quantitative estimate of drug-likeness (QED) is 0.906. The van der Waals surface area contributed by atoms with Crippen LogP contribution in [0.3, 0.4) is 0 Å². The van der Waals surface area contributed by atoms with E-state index in [0.29, 0.717) is 19.4 Å². The van der Waals surface area contributed by atoms with E-state index in [1.54, 1.807) is 4.90 Å². The Kier molecular flexibility index (Phi) is 4.45. The van der Waals surface area contributed by atoms with Gasteiger partial charge < -0.3 is 4.90 Å². The van der Waals surface area contributed by atoms with E-state index in [0.717, 1.165) is 5.56 Å². The van der Waals surface area contributed by atoms with Crippen molar-refractivity contribution in [1.82, 2.24) is 4.90 Å². The molecule has 0 bridgehead atoms. The second-order valence-electron chi connectivity index (χ2n) is 5.27. The molecular weight excluding hydrogens is 276 g/mol. The minimum atomic E-state index is -3.58. The molecular formula is C14H20N2O3S. The lowest BCUT2D eigenvalue weighted by molar-refractivity contribution is -0.133. The fraction of sp³-hybridized carbons (Fsp3) is 0.500. The molecule has 20 heavy (non-hydrogen) atoms. The van der Waals surface area contributed by atoms with Gasteiger partial charge in [-0.3, -0.25) is 4.79 Å². The first-order valence-corrected chi connectivity index (χ1v) is 8.36. The van der Waals surface area contributed by atoms with Crippen molar-refractivity contribution in [2.45, 2.75) is 30.9 Å². The number of nitrogens with zero attached hydrogens (tertiary/aromatic N) is 1. The van der Waals surface area contributed by atoms with Crippen molar-refractivity contribution in [3.05, 3.63) is 35.9 Å². The third-order valence-electron chi connectivity index (χ3n) is 3.82. The first kappa shape index (κ1) is 15.0. The Morgan fingerprint density at radius 3 is 2.60 bits per heavy atom. The van der Waals surface area contributed by atoms with Gasteiger partial charge in [0.25, 0.3) is 0 Å². The van der Waals surface area contributed by atoms with E-state index in [-0.39, 0.29) is 18.4 Å². The van der Waals surface area contributed by atoms with Crippen LogP contribution >= 0.6 is 0 Å². The minimum absolute atomic E-state index is 0.0375. The maximum Gasteiger partial charge on any atom is 0.229 e. The molecule has 5 nitrogen and oxygen atoms in total. The zero-order chi connectivity index (χ0) is 14.8. The molecule has 2 unspecified atom stereocenters. The van der Waals surface area contributed by atoms with Gasteiger partial charge in [0, 0.05) is 13.1 Å². The Morgan fingerprint density at radius 1 is 1.35 bits per heavy atom. The average Bonchev–Trinajstić information content (AvgIpc) is 2.46. The van der Waals surface area contributed by atoms with Crippen LogP contribution < -0.4 is 5.14 Å². The van der Waals surface area contributed by atoms with Gasteiger partial charge in [-0.25, -0.2) is 13.6 Å². The van der Waals surface area contributed by atoms with E-state index < -0.39 is 15.3 Å². The molecule has 0 saturated carbocycles. The lowest BCUT2D eigenvalue weighted by Gasteiger charge is -2.33. The van der Waals surface area contributed by atoms with E-state index in [9.17, 15) is 13.2 Å². The van der Waals surface area contributed by atoms with Crippen LogP contribution in [0.4, 0.5) is 0 Å². The zero-order valence-electron chi connectivity index (χ0n) is 11.5. The number of hydrogen-bond acceptors (Lipinski definition) is 3. The number of amides is 1. The predicted molar refractivity (Wildman–Crippen MR) is 77.6 cm³/mol. The average molecular weight is 296 g/mol. The number of hydrogen-bond donors (Lipinski definition) is 1. The number of sulfonamides is 1. The molecule has 6 heteroatoms. The van der Waals surface area contributed by atoms with Gasteiger partial charge in [-0.15, -0.1) is 0 Å². The van der Waals surface area contributed by atoms with E-state index in [1.165, 1.54) is 0 Å². The van der Waals surface area contributed by atoms with Crippen LogP contribution in [0.1, 0.15) is 31.2 Å². The molecule has 0 radical (unpaired) electrons. The first-order chi connectivity index (χ1) is 9.39. The van der Waals surface area contributed by atoms with Crippen LogP contribution in [-0.4, -0.2) is 37.6 Å². The fourth-order valence-corrected chi connectivity index (χ4v) is 3.45. The number of benzene rings is 1. The highest BCUT2D eigenvalue weighted by Gasteiger charge is 2.32. The summed E-state index contributed by atoms with van der Waals surface area (Å²) < 4.78 is 22.9. The van der Waals surface area contributed by atoms with Gasteiger partial charge in [-0.1, -0.05) is 30.3 Å². The Hall–Kier alpha value is -1.40. The number of piperidine rings is 1. The Balaban J connectivity index is 2.09. The number of carbonyl (C=O) groups excluding carboxylic acids is 1. The van der Waals surface area contributed by atoms with Crippen LogP contribution in [0.15, 0.2) is 30.3 Å². The Labute approximate surface area is 119 Å². The molecule has 110 valence electrons. The highest BCUT2D eigenvalue weighted by molar-refractivity contribution is 7.89. The third kappa shape index (κ3) is 3.37. The summed E-state index contributed by atoms with van der Waals surface area (Å²) >= 11 is 0. The summed E-state index contributed by atoms with van der Waals surface area (Å²) in [5.41, 5.74) is 0.940. The number of carbonyl (C=O) groups is 1. The van der Waals surface area contributed by atoms with Crippen LogP contribution in [-0.2, 0) is 14.8 Å². The molecule has 1 aliphatic rings. The number of nitrogens with two attached hydrogens (primary N) is 1. The van der Waals surface area contributed by atoms with Crippen molar-refractivity contribution < 1.29 is 13.2 Å². The molecule has 1 aliphatic heterocycles. The molecule has 0 aliphatic carbocycles. The lowest BCUT2D eigenvalue weighted by atomic mass is 9.98. The number of primary sulfonamides is 1. The monoisotopic (exact) mass is 296 g/mol. The summed E-state index contributed by atoms with van der Waals surface area (Å²) in [6, 6.07) is 9.50. The summed E-state index contributed by atoms with van der Waals surface area (Å²) in [6.45, 7) is 2.65. The maximum atomic E-state index is 12.5. The molecule has 1 amide bonds. The van der Waals surface area contributed by atoms with Crippen LogP contribution in [0, 0.1) is 0 Å². The summed E-state index contributed by atoms with van der Waals surface area (Å²) in [4.78, 5) is 14.1. The predicted octanol–water partition coefficient (Wildman–Crippen LogP) is 1.07. The summed E-state index contributed by atoms with van der Waals surface area (Å²) in [6.07, 6.45) is 1.21. The van der Waals surface area contributed by atoms with E-state index in [4.69, 9.17) is 5.14 Å². The van der Waals surface area contributed by atoms with Crippen molar-refractivity contribution in [3.8, 4) is 0 Å². The van der Waals surface area contributed by atoms with E-state index in [1.807, 2.05) is 37.3 Å². The van der Waals surface area contributed by atoms with E-state index >= 15 is 0 Å². The molecule has 1 aromatic carbocycles. The van der Waals surface area contributed by atoms with E-state index in [2.05, 4.69) is 0 Å². The summed E-state index contributed by atoms with van der Waals surface area (Å²) in [5, 5.41) is 4.56. The van der Waals surface area contributed by atoms with Crippen molar-refractivity contribution in [3.63, 3.8) is 0 Å². The van der Waals surface area contributed by atoms with Crippen molar-refractivity contribution in [2.75, 3.05) is 13.1 Å². The molecule has 2 rings (SSSR count). The van der Waals surface area contributed by atoms with Crippen LogP contribution in [0.2, 0.25) is 0 Å². The highest BCUT2D eigenvalue weighted by Crippen LogP contribution is 2.22. The van der Waals surface area contributed by atoms with Gasteiger partial charge in [0.05, 0.1) is 11.2 Å². The molecule has 1 fully saturated rings. The summed E-state index contributed by atoms with van der Waals surface area (Å²) in [5.74, 6) is -0.306. The number of likely N-dealkylation sites (tertiary alicyclic amines) is 1. The van der Waals surface area contributed by atoms with Crippen LogP contribution in [0.5, 0.6) is 0 Å². The second-order valence-corrected chi connectivity index (χ2v) is 7.11. The van der Waals surface area contributed by atoms with Crippen LogP contribution in [0.25, 0.3) is 0 Å². The zero-order valence-corrected chi connectivity index (χ0v) is 12.3. The third-order valence-corrected chi connectivity index (χ3v) is 5.14. The molecule has 0 spiro atoms. The molecule has 1 heterocycles. The molecule has 1 saturated heterocycles. The normalized spacial score (nSPS) is 21.5. The standard InChI is InChI=1S/C14H20N2O3S/c1-11(12-6-3-2-4-7-12)14(17)16-9-5-8-13(10-16)20(15,18)19/h2-4,6-7,11,13H,5,8-10H2,1H3,(H2,15,18,19). The first-order valence-electron chi connectivity index (χ1n) is 6.75. The van der Waals surface area contributed by atoms with Crippen molar-refractivity contribution >= 4 is 15.9 Å². The number of rotatable bonds is 3. The second kappa shape index (κ2) is 5.93. The largest absolute Gasteiger partial charge is 0.341 e. The fourth-order valence-electron chi connectivity index (χ4n) is 2.56. The van der Waals surface area contributed by atoms with Gasteiger partial charge in [0.2, 0.25) is 15.9 Å². The molecule has 1 aromatic rings. The minimum Gasteiger partial charge on any atom is -0.341 e. The molecule has 2 N–H and O–H groups in total. The molecule has 2 atom stereocenters. The Bertz CT molecular complexity index is 571. The van der Waals surface area contributed by atoms with Gasteiger partial charge in [0.15, 0.2) is 0 Å². The molecule has 0 aromatic heterocycles. The topological polar surface area (TPSA) is 80.5 Å². The Morgan fingerprint density at radius 2 is 2.00 bits per heavy atom. The van der Waals surface area contributed by atoms with Crippen molar-refractivity contribution in [2.24, 2.45) is 5.14 Å². The smallest absolute Gasteiger partial charge is 0.229 e. The SMILES string of the molecule is CC(C(=O)N1CCCC(S(N)(=O)=O)C1)c1ccccc1. The summed E-state index contributed by atoms with van der Waals surface area (Å²) in [7, 11) is -3.58. The van der Waals surface area contributed by atoms with Gasteiger partial charge in [-0.2, -0.15) is 0 Å². The van der Waals surface area contributed by atoms with Gasteiger partial charge in [0.1, 0.15) is 0 Å². The lowest BCUT2D eigenvalue weighted by Crippen LogP contribution is -2.48.